The number of fused-ring (bicyclic) bond motifs is 2. The Morgan fingerprint density at radius 1 is 1.28 bits per heavy atom. The molecule has 5 rings (SSSR count). The van der Waals surface area contributed by atoms with Gasteiger partial charge in [-0.1, -0.05) is 24.3 Å². The number of benzene rings is 1. The van der Waals surface area contributed by atoms with E-state index in [1.807, 2.05) is 36.4 Å². The lowest BCUT2D eigenvalue weighted by Gasteiger charge is -2.36. The summed E-state index contributed by atoms with van der Waals surface area (Å²) in [6.07, 6.45) is 2.14. The van der Waals surface area contributed by atoms with Gasteiger partial charge in [0.1, 0.15) is 12.1 Å². The Hall–Kier alpha value is -3.32. The van der Waals surface area contributed by atoms with Gasteiger partial charge in [0.05, 0.1) is 23.0 Å². The highest BCUT2D eigenvalue weighted by molar-refractivity contribution is 5.94. The molecule has 0 unspecified atom stereocenters. The summed E-state index contributed by atoms with van der Waals surface area (Å²) in [5.41, 5.74) is 3.28. The molecule has 2 fully saturated rings. The molecule has 0 bridgehead atoms. The zero-order valence-electron chi connectivity index (χ0n) is 20.5. The number of hydrogen-bond acceptors (Lipinski definition) is 8. The van der Waals surface area contributed by atoms with E-state index in [2.05, 4.69) is 28.7 Å². The van der Waals surface area contributed by atoms with Crippen molar-refractivity contribution in [3.63, 3.8) is 0 Å². The number of hydrogen-bond donors (Lipinski definition) is 2. The lowest BCUT2D eigenvalue weighted by atomic mass is 9.87. The number of nitrogens with zero attached hydrogens (tertiary/aromatic N) is 3. The first-order valence-corrected chi connectivity index (χ1v) is 12.5. The summed E-state index contributed by atoms with van der Waals surface area (Å²) in [4.78, 5) is 32.2. The van der Waals surface area contributed by atoms with E-state index in [0.29, 0.717) is 25.1 Å². The second-order valence-corrected chi connectivity index (χ2v) is 9.79. The molecule has 2 N–H and O–H groups in total. The minimum atomic E-state index is -0.652. The van der Waals surface area contributed by atoms with Crippen LogP contribution in [0.2, 0.25) is 0 Å². The Bertz CT molecular complexity index is 1160. The van der Waals surface area contributed by atoms with E-state index in [0.717, 1.165) is 61.4 Å². The van der Waals surface area contributed by atoms with Crippen molar-refractivity contribution < 1.29 is 19.1 Å². The zero-order chi connectivity index (χ0) is 25.1. The molecule has 188 valence electrons. The smallest absolute Gasteiger partial charge is 0.341 e. The normalized spacial score (nSPS) is 22.2. The molecule has 0 radical (unpaired) electrons. The maximum absolute atomic E-state index is 12.5. The van der Waals surface area contributed by atoms with Gasteiger partial charge in [-0.3, -0.25) is 4.79 Å². The largest absolute Gasteiger partial charge is 0.449 e. The van der Waals surface area contributed by atoms with E-state index in [9.17, 15) is 14.9 Å². The van der Waals surface area contributed by atoms with E-state index < -0.39 is 17.7 Å². The van der Waals surface area contributed by atoms with Crippen LogP contribution in [-0.2, 0) is 26.3 Å². The third-order valence-electron chi connectivity index (χ3n) is 7.23. The van der Waals surface area contributed by atoms with E-state index in [1.54, 1.807) is 0 Å². The van der Waals surface area contributed by atoms with Crippen LogP contribution in [0, 0.1) is 11.3 Å². The molecule has 2 saturated heterocycles. The number of rotatable bonds is 5. The number of aromatic nitrogens is 1. The second kappa shape index (κ2) is 10.3. The third kappa shape index (κ3) is 4.98. The van der Waals surface area contributed by atoms with E-state index in [-0.39, 0.29) is 11.9 Å². The molecule has 1 amide bonds. The highest BCUT2D eigenvalue weighted by Gasteiger charge is 2.48. The predicted octanol–water partition coefficient (Wildman–Crippen LogP) is 1.77. The molecule has 36 heavy (non-hydrogen) atoms. The number of amides is 1. The Kier molecular flexibility index (Phi) is 7.01. The molecule has 1 aromatic carbocycles. The van der Waals surface area contributed by atoms with Gasteiger partial charge in [0.2, 0.25) is 0 Å². The predicted molar refractivity (Wildman–Crippen MR) is 132 cm³/mol. The van der Waals surface area contributed by atoms with E-state index in [4.69, 9.17) is 14.5 Å². The molecule has 0 aliphatic carbocycles. The summed E-state index contributed by atoms with van der Waals surface area (Å²) in [5, 5.41) is 15.6. The van der Waals surface area contributed by atoms with Gasteiger partial charge in [0, 0.05) is 51.1 Å². The molecule has 4 heterocycles. The summed E-state index contributed by atoms with van der Waals surface area (Å²) >= 11 is 0. The molecule has 0 saturated carbocycles. The molecule has 2 aromatic rings. The average Bonchev–Trinajstić information content (AvgIpc) is 3.05. The Balaban J connectivity index is 1.28. The van der Waals surface area contributed by atoms with Gasteiger partial charge in [0.15, 0.2) is 5.60 Å². The fourth-order valence-corrected chi connectivity index (χ4v) is 5.06. The van der Waals surface area contributed by atoms with Crippen LogP contribution in [0.1, 0.15) is 40.9 Å². The number of carbonyl (C=O) groups is 2. The SMILES string of the molecule is CN1CCC2(CC1)OC(=O)c1ccc(-c3ccc(C[C@@H](C#N)NC(=O)[C@@H]4CNCCCO4)cc3)nc12. The van der Waals surface area contributed by atoms with Gasteiger partial charge in [-0.05, 0) is 37.7 Å². The maximum Gasteiger partial charge on any atom is 0.341 e. The monoisotopic (exact) mass is 489 g/mol. The van der Waals surface area contributed by atoms with Crippen molar-refractivity contribution >= 4 is 11.9 Å². The average molecular weight is 490 g/mol. The second-order valence-electron chi connectivity index (χ2n) is 9.79. The molecule has 1 aromatic heterocycles. The molecule has 3 aliphatic rings. The van der Waals surface area contributed by atoms with Gasteiger partial charge in [-0.25, -0.2) is 9.78 Å². The highest BCUT2D eigenvalue weighted by atomic mass is 16.6. The number of likely N-dealkylation sites (tertiary alicyclic amines) is 1. The lowest BCUT2D eigenvalue weighted by molar-refractivity contribution is -0.132. The first-order valence-electron chi connectivity index (χ1n) is 12.5. The van der Waals surface area contributed by atoms with Crippen molar-refractivity contribution in [3.05, 3.63) is 53.2 Å². The Morgan fingerprint density at radius 3 is 2.81 bits per heavy atom. The topological polar surface area (TPSA) is 117 Å². The Labute approximate surface area is 210 Å². The first kappa shape index (κ1) is 24.4. The quantitative estimate of drug-likeness (QED) is 0.611. The van der Waals surface area contributed by atoms with Gasteiger partial charge >= 0.3 is 5.97 Å². The number of nitrogens with one attached hydrogen (secondary N) is 2. The Morgan fingerprint density at radius 2 is 2.06 bits per heavy atom. The minimum absolute atomic E-state index is 0.269. The highest BCUT2D eigenvalue weighted by Crippen LogP contribution is 2.43. The fraction of sp³-hybridized carbons (Fsp3) is 0.481. The van der Waals surface area contributed by atoms with Crippen LogP contribution in [0.3, 0.4) is 0 Å². The molecule has 2 atom stereocenters. The number of esters is 1. The number of nitriles is 1. The number of ether oxygens (including phenoxy) is 2. The molecular formula is C27H31N5O4. The minimum Gasteiger partial charge on any atom is -0.449 e. The summed E-state index contributed by atoms with van der Waals surface area (Å²) in [7, 11) is 2.07. The maximum atomic E-state index is 12.5. The van der Waals surface area contributed by atoms with E-state index >= 15 is 0 Å². The van der Waals surface area contributed by atoms with Crippen molar-refractivity contribution in [1.82, 2.24) is 20.5 Å². The summed E-state index contributed by atoms with van der Waals surface area (Å²) in [6, 6.07) is 13.0. The first-order chi connectivity index (χ1) is 17.5. The van der Waals surface area contributed by atoms with Crippen molar-refractivity contribution in [1.29, 1.82) is 5.26 Å². The van der Waals surface area contributed by atoms with Crippen molar-refractivity contribution in [2.75, 3.05) is 39.8 Å². The van der Waals surface area contributed by atoms with Crippen LogP contribution in [0.4, 0.5) is 0 Å². The van der Waals surface area contributed by atoms with Crippen LogP contribution in [0.25, 0.3) is 11.3 Å². The van der Waals surface area contributed by atoms with Crippen molar-refractivity contribution in [2.24, 2.45) is 0 Å². The van der Waals surface area contributed by atoms with Crippen LogP contribution < -0.4 is 10.6 Å². The zero-order valence-corrected chi connectivity index (χ0v) is 20.5. The fourth-order valence-electron chi connectivity index (χ4n) is 5.06. The third-order valence-corrected chi connectivity index (χ3v) is 7.23. The van der Waals surface area contributed by atoms with Gasteiger partial charge in [-0.2, -0.15) is 5.26 Å². The van der Waals surface area contributed by atoms with Gasteiger partial charge in [-0.15, -0.1) is 0 Å². The van der Waals surface area contributed by atoms with E-state index in [1.165, 1.54) is 0 Å². The molecule has 9 heteroatoms. The molecule has 9 nitrogen and oxygen atoms in total. The van der Waals surface area contributed by atoms with Crippen LogP contribution >= 0.6 is 0 Å². The number of piperidine rings is 1. The molecule has 1 spiro atoms. The summed E-state index contributed by atoms with van der Waals surface area (Å²) in [5.74, 6) is -0.562. The van der Waals surface area contributed by atoms with Crippen LogP contribution in [-0.4, -0.2) is 73.7 Å². The number of carbonyl (C=O) groups excluding carboxylic acids is 2. The van der Waals surface area contributed by atoms with Gasteiger partial charge in [0.25, 0.3) is 5.91 Å². The summed E-state index contributed by atoms with van der Waals surface area (Å²) < 4.78 is 11.4. The van der Waals surface area contributed by atoms with Crippen molar-refractivity contribution in [3.8, 4) is 17.3 Å². The lowest BCUT2D eigenvalue weighted by Crippen LogP contribution is -2.46. The van der Waals surface area contributed by atoms with Crippen molar-refractivity contribution in [2.45, 2.75) is 43.4 Å². The van der Waals surface area contributed by atoms with Crippen LogP contribution in [0.15, 0.2) is 36.4 Å². The number of pyridine rings is 1. The molecular weight excluding hydrogens is 458 g/mol. The van der Waals surface area contributed by atoms with Gasteiger partial charge < -0.3 is 25.0 Å². The molecule has 3 aliphatic heterocycles. The standard InChI is InChI=1S/C27H31N5O4/c1-32-12-9-27(10-13-32)24-21(26(34)36-27)7-8-22(31-24)19-5-3-18(4-6-19)15-20(16-28)30-25(33)23-17-29-11-2-14-35-23/h3-8,20,23,29H,2,9-15,17H2,1H3,(H,30,33)/t20-,23-/m0/s1. The summed E-state index contributed by atoms with van der Waals surface area (Å²) in [6.45, 7) is 3.50. The van der Waals surface area contributed by atoms with Crippen LogP contribution in [0.5, 0.6) is 0 Å².